The van der Waals surface area contributed by atoms with Crippen molar-refractivity contribution in [1.82, 2.24) is 5.01 Å². The lowest BCUT2D eigenvalue weighted by Crippen LogP contribution is -2.32. The van der Waals surface area contributed by atoms with Crippen LogP contribution in [-0.2, 0) is 14.4 Å². The van der Waals surface area contributed by atoms with Crippen LogP contribution in [0.25, 0.3) is 0 Å². The Bertz CT molecular complexity index is 519. The summed E-state index contributed by atoms with van der Waals surface area (Å²) in [6.45, 7) is 0.823. The third kappa shape index (κ3) is 5.76. The van der Waals surface area contributed by atoms with Crippen LogP contribution in [0.5, 0.6) is 0 Å². The lowest BCUT2D eigenvalue weighted by atomic mass is 10.2. The van der Waals surface area contributed by atoms with Gasteiger partial charge in [0.2, 0.25) is 5.28 Å². The van der Waals surface area contributed by atoms with E-state index in [-0.39, 0.29) is 4.97 Å². The highest BCUT2D eigenvalue weighted by molar-refractivity contribution is 5.89. The molecule has 0 spiro atoms. The summed E-state index contributed by atoms with van der Waals surface area (Å²) in [6, 6.07) is 8.22. The summed E-state index contributed by atoms with van der Waals surface area (Å²) in [5.41, 5.74) is 0.329. The number of carboxylic acids is 1. The minimum atomic E-state index is -1.20. The van der Waals surface area contributed by atoms with E-state index < -0.39 is 24.8 Å². The minimum absolute atomic E-state index is 0.0546. The molecule has 0 aliphatic heterocycles. The Hall–Kier alpha value is -2.84. The number of hydrogen-bond acceptors (Lipinski definition) is 6. The summed E-state index contributed by atoms with van der Waals surface area (Å²) in [7, 11) is 1.22. The zero-order chi connectivity index (χ0) is 15.8. The van der Waals surface area contributed by atoms with Gasteiger partial charge in [0.1, 0.15) is 0 Å². The molecule has 21 heavy (non-hydrogen) atoms. The molecule has 9 heteroatoms. The number of carbonyl (C=O) groups excluding carboxylic acids is 1. The number of ether oxygens (including phenoxy) is 1. The van der Waals surface area contributed by atoms with Crippen molar-refractivity contribution in [2.24, 2.45) is 5.28 Å². The zero-order valence-corrected chi connectivity index (χ0v) is 11.5. The first-order valence-corrected chi connectivity index (χ1v) is 5.93. The van der Waals surface area contributed by atoms with Gasteiger partial charge in [-0.2, -0.15) is 0 Å². The largest absolute Gasteiger partial charge is 0.569 e. The number of carboxylic acid groups (broad SMARTS) is 1. The molecule has 0 aliphatic rings. The van der Waals surface area contributed by atoms with E-state index in [0.29, 0.717) is 5.56 Å². The standard InChI is InChI=1S/C12H15N3O6/c1-9(20-12(18)10-6-4-3-5-7-10)21-13-15(19)14(2)8-11(16)17/h3-7,9H,8H2,1-2H3,(H,16,17)/b15-13-. The number of aliphatic carboxylic acids is 1. The maximum atomic E-state index is 11.7. The number of likely N-dealkylation sites (N-methyl/N-ethyl adjacent to an activating group) is 1. The van der Waals surface area contributed by atoms with Crippen molar-refractivity contribution in [2.75, 3.05) is 13.6 Å². The van der Waals surface area contributed by atoms with E-state index >= 15 is 0 Å². The number of benzene rings is 1. The second-order valence-electron chi connectivity index (χ2n) is 3.99. The number of hydrazine groups is 1. The Balaban J connectivity index is 2.48. The van der Waals surface area contributed by atoms with E-state index in [1.54, 1.807) is 30.3 Å². The van der Waals surface area contributed by atoms with Crippen LogP contribution in [-0.4, -0.2) is 46.9 Å². The van der Waals surface area contributed by atoms with Gasteiger partial charge in [-0.25, -0.2) is 4.79 Å². The van der Waals surface area contributed by atoms with Crippen molar-refractivity contribution >= 4 is 11.9 Å². The normalized spacial score (nSPS) is 12.4. The third-order valence-corrected chi connectivity index (χ3v) is 2.20. The average molecular weight is 297 g/mol. The summed E-state index contributed by atoms with van der Waals surface area (Å²) in [6.07, 6.45) is -1.10. The lowest BCUT2D eigenvalue weighted by molar-refractivity contribution is -0.705. The minimum Gasteiger partial charge on any atom is -0.569 e. The molecule has 0 saturated carbocycles. The van der Waals surface area contributed by atoms with Gasteiger partial charge in [0.15, 0.2) is 6.54 Å². The van der Waals surface area contributed by atoms with Gasteiger partial charge >= 0.3 is 11.9 Å². The van der Waals surface area contributed by atoms with Crippen molar-refractivity contribution in [3.63, 3.8) is 0 Å². The molecule has 0 saturated heterocycles. The van der Waals surface area contributed by atoms with Crippen LogP contribution < -0.4 is 0 Å². The molecule has 1 aromatic carbocycles. The van der Waals surface area contributed by atoms with E-state index in [1.807, 2.05) is 0 Å². The van der Waals surface area contributed by atoms with E-state index in [9.17, 15) is 14.8 Å². The second-order valence-corrected chi connectivity index (χ2v) is 3.99. The third-order valence-electron chi connectivity index (χ3n) is 2.20. The average Bonchev–Trinajstić information content (AvgIpc) is 2.44. The number of carbonyl (C=O) groups is 2. The molecule has 0 heterocycles. The van der Waals surface area contributed by atoms with E-state index in [1.165, 1.54) is 14.0 Å². The predicted molar refractivity (Wildman–Crippen MR) is 68.7 cm³/mol. The van der Waals surface area contributed by atoms with Crippen LogP contribution in [0.15, 0.2) is 35.6 Å². The van der Waals surface area contributed by atoms with Crippen LogP contribution in [0.2, 0.25) is 0 Å². The molecule has 0 fully saturated rings. The molecule has 1 atom stereocenters. The molecule has 1 aromatic rings. The Kier molecular flexibility index (Phi) is 5.93. The Labute approximate surface area is 120 Å². The van der Waals surface area contributed by atoms with Gasteiger partial charge in [-0.15, -0.1) is 5.01 Å². The highest BCUT2D eigenvalue weighted by Crippen LogP contribution is 2.05. The van der Waals surface area contributed by atoms with Gasteiger partial charge in [0.05, 0.1) is 17.6 Å². The highest BCUT2D eigenvalue weighted by atomic mass is 16.8. The van der Waals surface area contributed by atoms with Crippen LogP contribution in [0.3, 0.4) is 0 Å². The smallest absolute Gasteiger partial charge is 0.341 e. The summed E-state index contributed by atoms with van der Waals surface area (Å²) >= 11 is 0. The fraction of sp³-hybridized carbons (Fsp3) is 0.333. The molecular weight excluding hydrogens is 282 g/mol. The Morgan fingerprint density at radius 1 is 1.43 bits per heavy atom. The first-order chi connectivity index (χ1) is 9.90. The van der Waals surface area contributed by atoms with Crippen LogP contribution >= 0.6 is 0 Å². The zero-order valence-electron chi connectivity index (χ0n) is 11.5. The van der Waals surface area contributed by atoms with Crippen molar-refractivity contribution in [3.05, 3.63) is 41.1 Å². The topological polar surface area (TPSA) is 114 Å². The van der Waals surface area contributed by atoms with E-state index in [0.717, 1.165) is 5.01 Å². The first-order valence-electron chi connectivity index (χ1n) is 5.93. The SMILES string of the molecule is CC(O/N=[N+](\[O-])N(C)CC(=O)O)OC(=O)c1ccccc1. The fourth-order valence-corrected chi connectivity index (χ4v) is 1.24. The van der Waals surface area contributed by atoms with Crippen LogP contribution in [0.1, 0.15) is 17.3 Å². The molecule has 1 rings (SSSR count). The second kappa shape index (κ2) is 7.68. The highest BCUT2D eigenvalue weighted by Gasteiger charge is 2.15. The predicted octanol–water partition coefficient (Wildman–Crippen LogP) is 1.01. The molecule has 9 nitrogen and oxygen atoms in total. The molecule has 114 valence electrons. The molecule has 0 bridgehead atoms. The number of rotatable bonds is 7. The van der Waals surface area contributed by atoms with Gasteiger partial charge in [-0.3, -0.25) is 9.63 Å². The number of esters is 1. The molecule has 0 aliphatic carbocycles. The van der Waals surface area contributed by atoms with Gasteiger partial charge in [-0.1, -0.05) is 18.2 Å². The van der Waals surface area contributed by atoms with Gasteiger partial charge in [0, 0.05) is 6.92 Å². The quantitative estimate of drug-likeness (QED) is 0.262. The van der Waals surface area contributed by atoms with Crippen molar-refractivity contribution in [1.29, 1.82) is 0 Å². The maximum absolute atomic E-state index is 11.7. The number of nitrogens with zero attached hydrogens (tertiary/aromatic N) is 3. The molecule has 0 amide bonds. The summed E-state index contributed by atoms with van der Waals surface area (Å²) in [5, 5.41) is 23.6. The van der Waals surface area contributed by atoms with Gasteiger partial charge < -0.3 is 15.1 Å². The first kappa shape index (κ1) is 16.2. The summed E-state index contributed by atoms with van der Waals surface area (Å²) in [5.74, 6) is -1.83. The van der Waals surface area contributed by atoms with Crippen LogP contribution in [0, 0.1) is 5.21 Å². The van der Waals surface area contributed by atoms with E-state index in [2.05, 4.69) is 10.1 Å². The number of hydrogen-bond donors (Lipinski definition) is 1. The van der Waals surface area contributed by atoms with Crippen molar-refractivity contribution < 1.29 is 29.2 Å². The molecule has 0 aromatic heterocycles. The van der Waals surface area contributed by atoms with Crippen molar-refractivity contribution in [2.45, 2.75) is 13.2 Å². The Morgan fingerprint density at radius 2 is 2.05 bits per heavy atom. The molecule has 1 N–H and O–H groups in total. The lowest BCUT2D eigenvalue weighted by Gasteiger charge is -2.12. The summed E-state index contributed by atoms with van der Waals surface area (Å²) < 4.78 is 4.89. The molecule has 1 unspecified atom stereocenters. The molecule has 0 radical (unpaired) electrons. The molecular formula is C12H15N3O6. The van der Waals surface area contributed by atoms with Gasteiger partial charge in [-0.05, 0) is 12.1 Å². The van der Waals surface area contributed by atoms with Gasteiger partial charge in [0.25, 0.3) is 6.29 Å². The summed E-state index contributed by atoms with van der Waals surface area (Å²) in [4.78, 5) is 26.7. The fourth-order valence-electron chi connectivity index (χ4n) is 1.24. The maximum Gasteiger partial charge on any atom is 0.341 e. The Morgan fingerprint density at radius 3 is 2.62 bits per heavy atom. The van der Waals surface area contributed by atoms with Crippen LogP contribution in [0.4, 0.5) is 0 Å². The monoisotopic (exact) mass is 297 g/mol. The van der Waals surface area contributed by atoms with Crippen molar-refractivity contribution in [3.8, 4) is 0 Å². The van der Waals surface area contributed by atoms with E-state index in [4.69, 9.17) is 9.84 Å².